The first-order chi connectivity index (χ1) is 15.5. The van der Waals surface area contributed by atoms with Crippen molar-refractivity contribution in [3.8, 4) is 0 Å². The highest BCUT2D eigenvalue weighted by atomic mass is 32.2. The summed E-state index contributed by atoms with van der Waals surface area (Å²) in [5.41, 5.74) is 1.49. The molecule has 2 amide bonds. The second-order valence-electron chi connectivity index (χ2n) is 9.21. The Balaban J connectivity index is 1.55. The average Bonchev–Trinajstić information content (AvgIpc) is 2.78. The normalized spacial score (nSPS) is 16.0. The monoisotopic (exact) mass is 469 g/mol. The maximum atomic E-state index is 12.7. The van der Waals surface area contributed by atoms with Crippen molar-refractivity contribution in [2.24, 2.45) is 11.3 Å². The van der Waals surface area contributed by atoms with Crippen LogP contribution in [0.4, 0.5) is 11.4 Å². The molecule has 0 radical (unpaired) electrons. The minimum atomic E-state index is -3.54. The van der Waals surface area contributed by atoms with Gasteiger partial charge >= 0.3 is 0 Å². The van der Waals surface area contributed by atoms with Crippen LogP contribution in [0.25, 0.3) is 6.08 Å². The van der Waals surface area contributed by atoms with Gasteiger partial charge in [-0.05, 0) is 42.7 Å². The molecule has 8 heteroatoms. The molecule has 1 aliphatic rings. The standard InChI is InChI=1S/C25H31N3O4S/c1-25(2,3)24(30)27-22-11-7-10-21(18-22)26-23(29)20-12-15-28(16-13-20)33(31,32)17-14-19-8-5-4-6-9-19/h4-11,14,17-18,20H,12-13,15-16H2,1-3H3,(H,26,29)(H,27,30). The Morgan fingerprint density at radius 1 is 0.939 bits per heavy atom. The van der Waals surface area contributed by atoms with E-state index in [0.717, 1.165) is 5.56 Å². The average molecular weight is 470 g/mol. The third kappa shape index (κ3) is 7.00. The van der Waals surface area contributed by atoms with E-state index in [9.17, 15) is 18.0 Å². The predicted octanol–water partition coefficient (Wildman–Crippen LogP) is 4.32. The summed E-state index contributed by atoms with van der Waals surface area (Å²) in [6, 6.07) is 16.3. The zero-order valence-corrected chi connectivity index (χ0v) is 20.1. The van der Waals surface area contributed by atoms with Gasteiger partial charge in [-0.1, -0.05) is 57.2 Å². The van der Waals surface area contributed by atoms with E-state index in [1.165, 1.54) is 9.71 Å². The Morgan fingerprint density at radius 3 is 2.15 bits per heavy atom. The Bertz CT molecular complexity index is 1110. The quantitative estimate of drug-likeness (QED) is 0.659. The van der Waals surface area contributed by atoms with Crippen LogP contribution in [0.1, 0.15) is 39.2 Å². The van der Waals surface area contributed by atoms with Crippen molar-refractivity contribution in [1.82, 2.24) is 4.31 Å². The number of nitrogens with one attached hydrogen (secondary N) is 2. The van der Waals surface area contributed by atoms with E-state index in [0.29, 0.717) is 37.3 Å². The van der Waals surface area contributed by atoms with E-state index in [1.807, 2.05) is 51.1 Å². The molecule has 0 aromatic heterocycles. The molecular formula is C25H31N3O4S. The van der Waals surface area contributed by atoms with Crippen LogP contribution in [0.5, 0.6) is 0 Å². The lowest BCUT2D eigenvalue weighted by Crippen LogP contribution is -2.40. The summed E-state index contributed by atoms with van der Waals surface area (Å²) < 4.78 is 26.7. The molecule has 1 saturated heterocycles. The molecule has 1 fully saturated rings. The molecule has 2 aromatic rings. The molecule has 0 aliphatic carbocycles. The smallest absolute Gasteiger partial charge is 0.236 e. The Labute approximate surface area is 195 Å². The zero-order valence-electron chi connectivity index (χ0n) is 19.2. The van der Waals surface area contributed by atoms with Crippen LogP contribution >= 0.6 is 0 Å². The van der Waals surface area contributed by atoms with Crippen molar-refractivity contribution in [3.05, 3.63) is 65.6 Å². The van der Waals surface area contributed by atoms with E-state index >= 15 is 0 Å². The molecule has 176 valence electrons. The Kier molecular flexibility index (Phi) is 7.71. The molecule has 3 rings (SSSR count). The van der Waals surface area contributed by atoms with E-state index in [4.69, 9.17) is 0 Å². The van der Waals surface area contributed by atoms with Crippen molar-refractivity contribution >= 4 is 39.3 Å². The number of carbonyl (C=O) groups excluding carboxylic acids is 2. The van der Waals surface area contributed by atoms with Crippen LogP contribution in [-0.2, 0) is 19.6 Å². The van der Waals surface area contributed by atoms with Crippen LogP contribution in [0.15, 0.2) is 60.0 Å². The fourth-order valence-electron chi connectivity index (χ4n) is 3.42. The van der Waals surface area contributed by atoms with Crippen LogP contribution in [0.2, 0.25) is 0 Å². The third-order valence-electron chi connectivity index (χ3n) is 5.49. The highest BCUT2D eigenvalue weighted by Crippen LogP contribution is 2.24. The zero-order chi connectivity index (χ0) is 24.1. The van der Waals surface area contributed by atoms with Gasteiger partial charge in [-0.3, -0.25) is 9.59 Å². The molecule has 0 bridgehead atoms. The van der Waals surface area contributed by atoms with Crippen LogP contribution in [-0.4, -0.2) is 37.6 Å². The first-order valence-electron chi connectivity index (χ1n) is 11.0. The SMILES string of the molecule is CC(C)(C)C(=O)Nc1cccc(NC(=O)C2CCN(S(=O)(=O)C=Cc3ccccc3)CC2)c1. The number of hydrogen-bond donors (Lipinski definition) is 2. The maximum Gasteiger partial charge on any atom is 0.236 e. The number of sulfonamides is 1. The van der Waals surface area contributed by atoms with Gasteiger partial charge in [-0.25, -0.2) is 8.42 Å². The lowest BCUT2D eigenvalue weighted by Gasteiger charge is -2.29. The lowest BCUT2D eigenvalue weighted by molar-refractivity contribution is -0.123. The number of anilines is 2. The van der Waals surface area contributed by atoms with Crippen LogP contribution in [0.3, 0.4) is 0 Å². The van der Waals surface area contributed by atoms with Crippen molar-refractivity contribution in [2.75, 3.05) is 23.7 Å². The number of rotatable bonds is 6. The topological polar surface area (TPSA) is 95.6 Å². The summed E-state index contributed by atoms with van der Waals surface area (Å²) >= 11 is 0. The largest absolute Gasteiger partial charge is 0.326 e. The number of nitrogens with zero attached hydrogens (tertiary/aromatic N) is 1. The molecule has 1 heterocycles. The van der Waals surface area contributed by atoms with Crippen molar-refractivity contribution in [2.45, 2.75) is 33.6 Å². The molecule has 0 atom stereocenters. The Morgan fingerprint density at radius 2 is 1.55 bits per heavy atom. The van der Waals surface area contributed by atoms with E-state index in [-0.39, 0.29) is 17.7 Å². The van der Waals surface area contributed by atoms with Gasteiger partial charge in [0.25, 0.3) is 0 Å². The van der Waals surface area contributed by atoms with Gasteiger partial charge in [0.2, 0.25) is 21.8 Å². The fourth-order valence-corrected chi connectivity index (χ4v) is 4.65. The molecule has 0 spiro atoms. The van der Waals surface area contributed by atoms with Gasteiger partial charge in [0.1, 0.15) is 0 Å². The second kappa shape index (κ2) is 10.3. The molecule has 33 heavy (non-hydrogen) atoms. The van der Waals surface area contributed by atoms with E-state index in [2.05, 4.69) is 10.6 Å². The first kappa shape index (κ1) is 24.7. The molecule has 2 aromatic carbocycles. The maximum absolute atomic E-state index is 12.7. The minimum absolute atomic E-state index is 0.110. The van der Waals surface area contributed by atoms with E-state index < -0.39 is 15.4 Å². The van der Waals surface area contributed by atoms with E-state index in [1.54, 1.807) is 30.3 Å². The van der Waals surface area contributed by atoms with Crippen molar-refractivity contribution in [3.63, 3.8) is 0 Å². The van der Waals surface area contributed by atoms with Gasteiger partial charge in [0.05, 0.1) is 0 Å². The number of piperidine rings is 1. The van der Waals surface area contributed by atoms with Gasteiger partial charge in [0, 0.05) is 41.2 Å². The number of amides is 2. The predicted molar refractivity (Wildman–Crippen MR) is 132 cm³/mol. The first-order valence-corrected chi connectivity index (χ1v) is 12.5. The van der Waals surface area contributed by atoms with Crippen molar-refractivity contribution < 1.29 is 18.0 Å². The molecule has 2 N–H and O–H groups in total. The summed E-state index contributed by atoms with van der Waals surface area (Å²) in [5, 5.41) is 6.97. The van der Waals surface area contributed by atoms with Crippen LogP contribution in [0, 0.1) is 11.3 Å². The number of carbonyl (C=O) groups is 2. The van der Waals surface area contributed by atoms with Gasteiger partial charge < -0.3 is 10.6 Å². The number of benzene rings is 2. The molecule has 1 aliphatic heterocycles. The fraction of sp³-hybridized carbons (Fsp3) is 0.360. The van der Waals surface area contributed by atoms with Crippen LogP contribution < -0.4 is 10.6 Å². The summed E-state index contributed by atoms with van der Waals surface area (Å²) in [4.78, 5) is 24.9. The number of hydrogen-bond acceptors (Lipinski definition) is 4. The van der Waals surface area contributed by atoms with Gasteiger partial charge in [0.15, 0.2) is 0 Å². The summed E-state index contributed by atoms with van der Waals surface area (Å²) in [6.07, 6.45) is 2.48. The van der Waals surface area contributed by atoms with Gasteiger partial charge in [-0.2, -0.15) is 4.31 Å². The molecule has 0 unspecified atom stereocenters. The molecule has 0 saturated carbocycles. The third-order valence-corrected chi connectivity index (χ3v) is 7.05. The lowest BCUT2D eigenvalue weighted by atomic mass is 9.95. The highest BCUT2D eigenvalue weighted by Gasteiger charge is 2.30. The summed E-state index contributed by atoms with van der Waals surface area (Å²) in [6.45, 7) is 6.08. The Hall–Kier alpha value is -2.97. The highest BCUT2D eigenvalue weighted by molar-refractivity contribution is 7.92. The van der Waals surface area contributed by atoms with Crippen molar-refractivity contribution in [1.29, 1.82) is 0 Å². The molecule has 7 nitrogen and oxygen atoms in total. The second-order valence-corrected chi connectivity index (χ2v) is 11.0. The molecular weight excluding hydrogens is 438 g/mol. The van der Waals surface area contributed by atoms with Gasteiger partial charge in [-0.15, -0.1) is 0 Å². The summed E-state index contributed by atoms with van der Waals surface area (Å²) in [7, 11) is -3.54. The summed E-state index contributed by atoms with van der Waals surface area (Å²) in [5.74, 6) is -0.533. The minimum Gasteiger partial charge on any atom is -0.326 e.